The van der Waals surface area contributed by atoms with Gasteiger partial charge in [0.1, 0.15) is 6.61 Å². The van der Waals surface area contributed by atoms with Crippen molar-refractivity contribution in [1.82, 2.24) is 0 Å². The second kappa shape index (κ2) is 13.0. The van der Waals surface area contributed by atoms with Gasteiger partial charge in [-0.3, -0.25) is 0 Å². The number of para-hydroxylation sites is 1. The molecule has 0 saturated carbocycles. The number of nitrogens with two attached hydrogens (primary N) is 1. The van der Waals surface area contributed by atoms with Gasteiger partial charge in [-0.25, -0.2) is 9.59 Å². The third kappa shape index (κ3) is 6.52. The predicted molar refractivity (Wildman–Crippen MR) is 156 cm³/mol. The highest BCUT2D eigenvalue weighted by atomic mass is 32.2. The molecular weight excluding hydrogens is 522 g/mol. The molecule has 1 aliphatic heterocycles. The van der Waals surface area contributed by atoms with Gasteiger partial charge in [0.25, 0.3) is 0 Å². The Balaban J connectivity index is 0.000000350. The van der Waals surface area contributed by atoms with Crippen molar-refractivity contribution in [3.05, 3.63) is 119 Å². The molecule has 1 heterocycles. The van der Waals surface area contributed by atoms with Gasteiger partial charge >= 0.3 is 11.9 Å². The number of esters is 1. The zero-order chi connectivity index (χ0) is 28.6. The van der Waals surface area contributed by atoms with Crippen LogP contribution in [0.3, 0.4) is 0 Å². The van der Waals surface area contributed by atoms with Gasteiger partial charge in [-0.15, -0.1) is 0 Å². The normalized spacial score (nSPS) is 12.9. The number of hydrogen-bond acceptors (Lipinski definition) is 7. The maximum Gasteiger partial charge on any atom is 0.339 e. The summed E-state index contributed by atoms with van der Waals surface area (Å²) in [6.45, 7) is 3.95. The first-order chi connectivity index (χ1) is 19.3. The Hall–Kier alpha value is -4.58. The molecule has 8 heteroatoms. The number of carbonyl (C=O) groups excluding carboxylic acids is 1. The summed E-state index contributed by atoms with van der Waals surface area (Å²) in [6.07, 6.45) is 0. The van der Waals surface area contributed by atoms with Crippen LogP contribution in [0.25, 0.3) is 0 Å². The summed E-state index contributed by atoms with van der Waals surface area (Å²) < 4.78 is 5.50. The van der Waals surface area contributed by atoms with E-state index in [-0.39, 0.29) is 29.8 Å². The number of nitriles is 1. The van der Waals surface area contributed by atoms with Crippen molar-refractivity contribution in [2.45, 2.75) is 35.7 Å². The molecule has 1 unspecified atom stereocenters. The van der Waals surface area contributed by atoms with Gasteiger partial charge in [0.05, 0.1) is 40.2 Å². The number of carboxylic acid groups (broad SMARTS) is 1. The van der Waals surface area contributed by atoms with E-state index in [0.717, 1.165) is 21.2 Å². The second-order valence-corrected chi connectivity index (χ2v) is 10.3. The summed E-state index contributed by atoms with van der Waals surface area (Å²) in [5, 5.41) is 18.7. The number of benzene rings is 4. The second-order valence-electron chi connectivity index (χ2n) is 9.23. The number of fused-ring (bicyclic) bond motifs is 2. The van der Waals surface area contributed by atoms with Gasteiger partial charge in [0, 0.05) is 15.8 Å². The highest BCUT2D eigenvalue weighted by Gasteiger charge is 2.28. The molecule has 0 aliphatic carbocycles. The minimum absolute atomic E-state index is 0.0176. The molecule has 4 aromatic rings. The first-order valence-corrected chi connectivity index (χ1v) is 13.5. The molecule has 3 N–H and O–H groups in total. The molecule has 0 radical (unpaired) electrons. The van der Waals surface area contributed by atoms with Gasteiger partial charge in [0.15, 0.2) is 0 Å². The summed E-state index contributed by atoms with van der Waals surface area (Å²) in [5.74, 6) is -1.86. The summed E-state index contributed by atoms with van der Waals surface area (Å²) in [6, 6.07) is 31.6. The number of carboxylic acids is 1. The standard InChI is InChI=1S/C24H18N2O4S.C8H11N/c1-15(14-30-24(29)18-7-3-2-6-17(18)23(27)28)26-19-8-4-5-9-21(19)31-22-11-10-16(13-25)12-20(22)26;1-7(9)8-5-3-2-4-6-8/h2-12,15H,14H2,1H3,(H,27,28);2-7H,9H2,1H3/t;7-/m.0/s1. The summed E-state index contributed by atoms with van der Waals surface area (Å²) >= 11 is 1.63. The van der Waals surface area contributed by atoms with Crippen LogP contribution in [-0.4, -0.2) is 29.7 Å². The van der Waals surface area contributed by atoms with E-state index in [1.165, 1.54) is 17.7 Å². The van der Waals surface area contributed by atoms with Crippen molar-refractivity contribution in [3.8, 4) is 6.07 Å². The van der Waals surface area contributed by atoms with Crippen molar-refractivity contribution in [3.63, 3.8) is 0 Å². The smallest absolute Gasteiger partial charge is 0.339 e. The number of anilines is 2. The van der Waals surface area contributed by atoms with E-state index >= 15 is 0 Å². The number of hydrogen-bond donors (Lipinski definition) is 2. The van der Waals surface area contributed by atoms with Crippen molar-refractivity contribution >= 4 is 35.1 Å². The molecule has 0 bridgehead atoms. The fourth-order valence-electron chi connectivity index (χ4n) is 4.28. The zero-order valence-electron chi connectivity index (χ0n) is 22.2. The summed E-state index contributed by atoms with van der Waals surface area (Å²) in [5.41, 5.74) is 9.11. The third-order valence-corrected chi connectivity index (χ3v) is 7.42. The molecule has 5 rings (SSSR count). The largest absolute Gasteiger partial charge is 0.478 e. The first-order valence-electron chi connectivity index (χ1n) is 12.7. The number of nitrogens with zero attached hydrogens (tertiary/aromatic N) is 2. The minimum atomic E-state index is -1.18. The highest BCUT2D eigenvalue weighted by Crippen LogP contribution is 2.49. The molecule has 2 atom stereocenters. The number of rotatable bonds is 6. The predicted octanol–water partition coefficient (Wildman–Crippen LogP) is 6.81. The molecule has 1 aliphatic rings. The maximum absolute atomic E-state index is 12.6. The van der Waals surface area contributed by atoms with Crippen molar-refractivity contribution in [2.75, 3.05) is 11.5 Å². The van der Waals surface area contributed by atoms with E-state index in [1.807, 2.05) is 80.6 Å². The third-order valence-electron chi connectivity index (χ3n) is 6.29. The van der Waals surface area contributed by atoms with Crippen molar-refractivity contribution < 1.29 is 19.4 Å². The van der Waals surface area contributed by atoms with Gasteiger partial charge in [-0.05, 0) is 61.9 Å². The van der Waals surface area contributed by atoms with Crippen LogP contribution in [0.15, 0.2) is 107 Å². The van der Waals surface area contributed by atoms with Gasteiger partial charge in [-0.2, -0.15) is 5.26 Å². The van der Waals surface area contributed by atoms with Crippen molar-refractivity contribution in [1.29, 1.82) is 5.26 Å². The van der Waals surface area contributed by atoms with Crippen LogP contribution in [0.1, 0.15) is 51.7 Å². The van der Waals surface area contributed by atoms with Crippen LogP contribution in [0.2, 0.25) is 0 Å². The van der Waals surface area contributed by atoms with Crippen molar-refractivity contribution in [2.24, 2.45) is 5.73 Å². The van der Waals surface area contributed by atoms with Crippen LogP contribution in [0, 0.1) is 11.3 Å². The average molecular weight is 552 g/mol. The fraction of sp³-hybridized carbons (Fsp3) is 0.156. The molecule has 202 valence electrons. The molecule has 0 saturated heterocycles. The molecular formula is C32H29N3O4S. The molecule has 0 amide bonds. The maximum atomic E-state index is 12.6. The topological polar surface area (TPSA) is 117 Å². The quantitative estimate of drug-likeness (QED) is 0.251. The molecule has 0 spiro atoms. The fourth-order valence-corrected chi connectivity index (χ4v) is 5.33. The Labute approximate surface area is 237 Å². The molecule has 0 aromatic heterocycles. The number of carbonyl (C=O) groups is 2. The zero-order valence-corrected chi connectivity index (χ0v) is 23.0. The lowest BCUT2D eigenvalue weighted by Crippen LogP contribution is -2.35. The van der Waals surface area contributed by atoms with E-state index in [1.54, 1.807) is 30.0 Å². The lowest BCUT2D eigenvalue weighted by molar-refractivity contribution is 0.0477. The Morgan fingerprint density at radius 1 is 0.900 bits per heavy atom. The molecule has 0 fully saturated rings. The van der Waals surface area contributed by atoms with Crippen LogP contribution >= 0.6 is 11.8 Å². The van der Waals surface area contributed by atoms with E-state index in [9.17, 15) is 20.0 Å². The Morgan fingerprint density at radius 3 is 2.17 bits per heavy atom. The van der Waals surface area contributed by atoms with Gasteiger partial charge in [0.2, 0.25) is 0 Å². The van der Waals surface area contributed by atoms with Gasteiger partial charge < -0.3 is 20.5 Å². The molecule has 4 aromatic carbocycles. The first kappa shape index (κ1) is 28.4. The van der Waals surface area contributed by atoms with Crippen LogP contribution in [0.5, 0.6) is 0 Å². The van der Waals surface area contributed by atoms with E-state index in [0.29, 0.717) is 5.56 Å². The van der Waals surface area contributed by atoms with E-state index in [4.69, 9.17) is 10.5 Å². The lowest BCUT2D eigenvalue weighted by Gasteiger charge is -2.37. The SMILES string of the molecule is CC(COC(=O)c1ccccc1C(=O)O)N1c2ccccc2Sc2ccc(C#N)cc21.C[C@H](N)c1ccccc1. The Kier molecular flexibility index (Phi) is 9.23. The monoisotopic (exact) mass is 551 g/mol. The Bertz CT molecular complexity index is 1550. The minimum Gasteiger partial charge on any atom is -0.478 e. The summed E-state index contributed by atoms with van der Waals surface area (Å²) in [4.78, 5) is 28.1. The molecule has 7 nitrogen and oxygen atoms in total. The molecule has 40 heavy (non-hydrogen) atoms. The van der Waals surface area contributed by atoms with E-state index < -0.39 is 11.9 Å². The number of ether oxygens (including phenoxy) is 1. The number of aromatic carboxylic acids is 1. The van der Waals surface area contributed by atoms with Crippen LogP contribution in [-0.2, 0) is 4.74 Å². The van der Waals surface area contributed by atoms with Gasteiger partial charge in [-0.1, -0.05) is 66.4 Å². The Morgan fingerprint density at radius 2 is 1.52 bits per heavy atom. The highest BCUT2D eigenvalue weighted by molar-refractivity contribution is 7.99. The summed E-state index contributed by atoms with van der Waals surface area (Å²) in [7, 11) is 0. The van der Waals surface area contributed by atoms with Crippen LogP contribution in [0.4, 0.5) is 11.4 Å². The average Bonchev–Trinajstić information content (AvgIpc) is 2.98. The lowest BCUT2D eigenvalue weighted by atomic mass is 10.1. The van der Waals surface area contributed by atoms with E-state index in [2.05, 4.69) is 11.0 Å². The van der Waals surface area contributed by atoms with Crippen LogP contribution < -0.4 is 10.6 Å².